The molecule has 0 unspecified atom stereocenters. The number of thiophene rings is 1. The van der Waals surface area contributed by atoms with Crippen molar-refractivity contribution in [1.82, 2.24) is 9.97 Å². The fourth-order valence-corrected chi connectivity index (χ4v) is 3.01. The molecule has 18 heavy (non-hydrogen) atoms. The van der Waals surface area contributed by atoms with E-state index in [0.717, 1.165) is 15.8 Å². The van der Waals surface area contributed by atoms with Crippen LogP contribution in [-0.4, -0.2) is 9.97 Å². The molecule has 0 fully saturated rings. The minimum Gasteiger partial charge on any atom is -0.226 e. The highest BCUT2D eigenvalue weighted by Crippen LogP contribution is 2.32. The fraction of sp³-hybridized carbons (Fsp3) is 0.0769. The number of halogens is 2. The maximum absolute atomic E-state index is 6.25. The van der Waals surface area contributed by atoms with Crippen molar-refractivity contribution in [2.75, 3.05) is 0 Å². The first-order chi connectivity index (χ1) is 8.66. The standard InChI is InChI=1S/C13H8Cl2N2S/c1-7-4-5-8(14)11-10(7)12(15)17-13(16-11)9-3-2-6-18-9/h2-6H,1H3. The summed E-state index contributed by atoms with van der Waals surface area (Å²) < 4.78 is 0. The van der Waals surface area contributed by atoms with Gasteiger partial charge in [0, 0.05) is 5.39 Å². The lowest BCUT2D eigenvalue weighted by Gasteiger charge is -2.07. The van der Waals surface area contributed by atoms with Gasteiger partial charge in [-0.2, -0.15) is 0 Å². The van der Waals surface area contributed by atoms with Crippen LogP contribution in [0.4, 0.5) is 0 Å². The van der Waals surface area contributed by atoms with E-state index in [-0.39, 0.29) is 0 Å². The van der Waals surface area contributed by atoms with Crippen LogP contribution in [0.5, 0.6) is 0 Å². The van der Waals surface area contributed by atoms with Crippen molar-refractivity contribution in [3.63, 3.8) is 0 Å². The van der Waals surface area contributed by atoms with Gasteiger partial charge in [0.15, 0.2) is 5.82 Å². The van der Waals surface area contributed by atoms with Gasteiger partial charge in [-0.15, -0.1) is 11.3 Å². The van der Waals surface area contributed by atoms with Crippen LogP contribution in [-0.2, 0) is 0 Å². The zero-order chi connectivity index (χ0) is 12.7. The molecule has 0 radical (unpaired) electrons. The van der Waals surface area contributed by atoms with Gasteiger partial charge in [-0.25, -0.2) is 9.97 Å². The van der Waals surface area contributed by atoms with E-state index in [9.17, 15) is 0 Å². The Morgan fingerprint density at radius 1 is 1.11 bits per heavy atom. The molecule has 3 rings (SSSR count). The normalized spacial score (nSPS) is 11.1. The van der Waals surface area contributed by atoms with Crippen LogP contribution in [0.1, 0.15) is 5.56 Å². The van der Waals surface area contributed by atoms with E-state index >= 15 is 0 Å². The molecule has 0 aliphatic heterocycles. The first-order valence-corrected chi connectivity index (χ1v) is 6.96. The number of hydrogen-bond acceptors (Lipinski definition) is 3. The van der Waals surface area contributed by atoms with Crippen molar-refractivity contribution >= 4 is 45.4 Å². The molecule has 0 aliphatic carbocycles. The van der Waals surface area contributed by atoms with E-state index in [1.54, 1.807) is 11.3 Å². The summed E-state index contributed by atoms with van der Waals surface area (Å²) in [5.41, 5.74) is 1.73. The second-order valence-electron chi connectivity index (χ2n) is 3.90. The third-order valence-electron chi connectivity index (χ3n) is 2.71. The Morgan fingerprint density at radius 2 is 1.94 bits per heavy atom. The van der Waals surface area contributed by atoms with E-state index < -0.39 is 0 Å². The Morgan fingerprint density at radius 3 is 2.67 bits per heavy atom. The second kappa shape index (κ2) is 4.50. The van der Waals surface area contributed by atoms with Crippen molar-refractivity contribution in [3.8, 4) is 10.7 Å². The molecule has 0 amide bonds. The molecule has 0 aliphatic rings. The highest BCUT2D eigenvalue weighted by atomic mass is 35.5. The molecule has 5 heteroatoms. The average Bonchev–Trinajstić information content (AvgIpc) is 2.87. The van der Waals surface area contributed by atoms with Gasteiger partial charge in [-0.1, -0.05) is 35.3 Å². The van der Waals surface area contributed by atoms with Crippen LogP contribution < -0.4 is 0 Å². The van der Waals surface area contributed by atoms with E-state index in [1.165, 1.54) is 0 Å². The van der Waals surface area contributed by atoms with Crippen LogP contribution in [0.15, 0.2) is 29.6 Å². The monoisotopic (exact) mass is 294 g/mol. The lowest BCUT2D eigenvalue weighted by molar-refractivity contribution is 1.23. The Balaban J connectivity index is 2.37. The van der Waals surface area contributed by atoms with E-state index in [4.69, 9.17) is 23.2 Å². The molecule has 0 atom stereocenters. The van der Waals surface area contributed by atoms with Gasteiger partial charge in [0.2, 0.25) is 0 Å². The highest BCUT2D eigenvalue weighted by Gasteiger charge is 2.12. The SMILES string of the molecule is Cc1ccc(Cl)c2nc(-c3cccs3)nc(Cl)c12. The van der Waals surface area contributed by atoms with Crippen LogP contribution in [0, 0.1) is 6.92 Å². The predicted molar refractivity (Wildman–Crippen MR) is 77.6 cm³/mol. The minimum absolute atomic E-state index is 0.448. The summed E-state index contributed by atoms with van der Waals surface area (Å²) in [6, 6.07) is 7.68. The number of benzene rings is 1. The Hall–Kier alpha value is -1.16. The van der Waals surface area contributed by atoms with Gasteiger partial charge in [0.05, 0.1) is 15.4 Å². The van der Waals surface area contributed by atoms with Crippen molar-refractivity contribution < 1.29 is 0 Å². The van der Waals surface area contributed by atoms with Gasteiger partial charge in [0.25, 0.3) is 0 Å². The summed E-state index contributed by atoms with van der Waals surface area (Å²) in [7, 11) is 0. The summed E-state index contributed by atoms with van der Waals surface area (Å²) in [5, 5.41) is 3.85. The average molecular weight is 295 g/mol. The number of nitrogens with zero attached hydrogens (tertiary/aromatic N) is 2. The Labute approximate surface area is 118 Å². The largest absolute Gasteiger partial charge is 0.226 e. The van der Waals surface area contributed by atoms with Crippen molar-refractivity contribution in [2.24, 2.45) is 0 Å². The molecule has 0 saturated heterocycles. The van der Waals surface area contributed by atoms with Crippen molar-refractivity contribution in [2.45, 2.75) is 6.92 Å². The first kappa shape index (κ1) is 11.9. The second-order valence-corrected chi connectivity index (χ2v) is 5.62. The van der Waals surface area contributed by atoms with Gasteiger partial charge >= 0.3 is 0 Å². The third-order valence-corrected chi connectivity index (χ3v) is 4.15. The molecule has 2 heterocycles. The molecule has 0 spiro atoms. The fourth-order valence-electron chi connectivity index (χ4n) is 1.83. The Bertz CT molecular complexity index is 723. The first-order valence-electron chi connectivity index (χ1n) is 5.33. The summed E-state index contributed by atoms with van der Waals surface area (Å²) >= 11 is 14.0. The van der Waals surface area contributed by atoms with Crippen LogP contribution in [0.2, 0.25) is 10.2 Å². The highest BCUT2D eigenvalue weighted by molar-refractivity contribution is 7.13. The van der Waals surface area contributed by atoms with E-state index in [2.05, 4.69) is 9.97 Å². The molecule has 0 N–H and O–H groups in total. The number of rotatable bonds is 1. The van der Waals surface area contributed by atoms with Gasteiger partial charge in [-0.3, -0.25) is 0 Å². The maximum atomic E-state index is 6.25. The van der Waals surface area contributed by atoms with Crippen LogP contribution in [0.3, 0.4) is 0 Å². The van der Waals surface area contributed by atoms with Crippen molar-refractivity contribution in [3.05, 3.63) is 45.4 Å². The molecule has 0 bridgehead atoms. The van der Waals surface area contributed by atoms with Gasteiger partial charge in [0.1, 0.15) is 5.15 Å². The van der Waals surface area contributed by atoms with E-state index in [1.807, 2.05) is 36.6 Å². The molecule has 90 valence electrons. The molecule has 3 aromatic rings. The topological polar surface area (TPSA) is 25.8 Å². The lowest BCUT2D eigenvalue weighted by Crippen LogP contribution is -1.92. The molecule has 0 saturated carbocycles. The maximum Gasteiger partial charge on any atom is 0.171 e. The Kier molecular flexibility index (Phi) is 2.98. The molecule has 1 aromatic carbocycles. The number of aromatic nitrogens is 2. The van der Waals surface area contributed by atoms with Crippen LogP contribution in [0.25, 0.3) is 21.6 Å². The molecule has 2 nitrogen and oxygen atoms in total. The lowest BCUT2D eigenvalue weighted by atomic mass is 10.1. The quantitative estimate of drug-likeness (QED) is 0.592. The third kappa shape index (κ3) is 1.88. The predicted octanol–water partition coefficient (Wildman–Crippen LogP) is 4.97. The summed E-state index contributed by atoms with van der Waals surface area (Å²) in [6.07, 6.45) is 0. The number of fused-ring (bicyclic) bond motifs is 1. The minimum atomic E-state index is 0.448. The smallest absolute Gasteiger partial charge is 0.171 e. The summed E-state index contributed by atoms with van der Waals surface area (Å²) in [4.78, 5) is 9.86. The summed E-state index contributed by atoms with van der Waals surface area (Å²) in [6.45, 7) is 1.97. The molecular weight excluding hydrogens is 287 g/mol. The van der Waals surface area contributed by atoms with Crippen LogP contribution >= 0.6 is 34.5 Å². The molecule has 2 aromatic heterocycles. The van der Waals surface area contributed by atoms with Gasteiger partial charge < -0.3 is 0 Å². The van der Waals surface area contributed by atoms with E-state index in [0.29, 0.717) is 21.5 Å². The van der Waals surface area contributed by atoms with Gasteiger partial charge in [-0.05, 0) is 30.0 Å². The zero-order valence-corrected chi connectivity index (χ0v) is 11.8. The molecular formula is C13H8Cl2N2S. The number of aryl methyl sites for hydroxylation is 1. The zero-order valence-electron chi connectivity index (χ0n) is 9.45. The number of hydrogen-bond donors (Lipinski definition) is 0. The van der Waals surface area contributed by atoms with Crippen molar-refractivity contribution in [1.29, 1.82) is 0 Å². The summed E-state index contributed by atoms with van der Waals surface area (Å²) in [5.74, 6) is 0.620.